The topological polar surface area (TPSA) is 117 Å². The summed E-state index contributed by atoms with van der Waals surface area (Å²) in [4.78, 5) is 25.6. The highest BCUT2D eigenvalue weighted by molar-refractivity contribution is 7.28. The van der Waals surface area contributed by atoms with Crippen LogP contribution in [0.2, 0.25) is 0 Å². The number of carbonyl (C=O) groups excluding carboxylic acids is 1. The second-order valence-corrected chi connectivity index (χ2v) is 10.6. The van der Waals surface area contributed by atoms with Crippen LogP contribution in [0.4, 0.5) is 10.6 Å². The van der Waals surface area contributed by atoms with Gasteiger partial charge in [-0.25, -0.2) is 4.79 Å². The van der Waals surface area contributed by atoms with Crippen LogP contribution in [0.1, 0.15) is 52.3 Å². The fourth-order valence-electron chi connectivity index (χ4n) is 3.94. The molecule has 0 saturated heterocycles. The Hall–Kier alpha value is -4.12. The molecule has 180 valence electrons. The number of fused-ring (bicyclic) bond motifs is 1. The van der Waals surface area contributed by atoms with Crippen molar-refractivity contribution in [2.24, 2.45) is 7.05 Å². The quantitative estimate of drug-likeness (QED) is 0.343. The van der Waals surface area contributed by atoms with Crippen LogP contribution < -0.4 is 5.32 Å². The van der Waals surface area contributed by atoms with Gasteiger partial charge in [0.05, 0.1) is 26.9 Å². The summed E-state index contributed by atoms with van der Waals surface area (Å²) in [5, 5.41) is 26.3. The van der Waals surface area contributed by atoms with E-state index in [2.05, 4.69) is 28.3 Å². The molecular weight excluding hydrogens is 496 g/mol. The second kappa shape index (κ2) is 9.15. The molecule has 5 rings (SSSR count). The predicted octanol–water partition coefficient (Wildman–Crippen LogP) is 5.39. The third-order valence-corrected chi connectivity index (χ3v) is 8.64. The molecule has 3 heterocycles. The number of anilines is 1. The van der Waals surface area contributed by atoms with Crippen LogP contribution >= 0.6 is 22.7 Å². The number of thiophene rings is 2. The maximum atomic E-state index is 12.5. The monoisotopic (exact) mass is 516 g/mol. The van der Waals surface area contributed by atoms with Gasteiger partial charge in [-0.05, 0) is 31.4 Å². The minimum absolute atomic E-state index is 0.406. The number of nitrogens with zero attached hydrogens (tertiary/aromatic N) is 3. The molecule has 36 heavy (non-hydrogen) atoms. The van der Waals surface area contributed by atoms with Crippen LogP contribution in [0, 0.1) is 23.2 Å². The summed E-state index contributed by atoms with van der Waals surface area (Å²) in [5.41, 5.74) is 0.921. The number of hydrogen-bond donors (Lipinski definition) is 2. The van der Waals surface area contributed by atoms with Crippen LogP contribution in [0.5, 0.6) is 0 Å². The highest BCUT2D eigenvalue weighted by Gasteiger charge is 2.54. The minimum atomic E-state index is -0.913. The van der Waals surface area contributed by atoms with Gasteiger partial charge < -0.3 is 9.84 Å². The van der Waals surface area contributed by atoms with Gasteiger partial charge in [0.15, 0.2) is 0 Å². The van der Waals surface area contributed by atoms with Crippen LogP contribution in [0.25, 0.3) is 9.40 Å². The van der Waals surface area contributed by atoms with Gasteiger partial charge >= 0.3 is 12.1 Å². The minimum Gasteiger partial charge on any atom is -0.481 e. The summed E-state index contributed by atoms with van der Waals surface area (Å²) in [7, 11) is 1.69. The number of aryl methyl sites for hydroxylation is 1. The van der Waals surface area contributed by atoms with Gasteiger partial charge in [0.25, 0.3) is 0 Å². The Morgan fingerprint density at radius 1 is 1.25 bits per heavy atom. The van der Waals surface area contributed by atoms with Crippen molar-refractivity contribution in [1.82, 2.24) is 9.78 Å². The average molecular weight is 517 g/mol. The fourth-order valence-corrected chi connectivity index (χ4v) is 6.56. The van der Waals surface area contributed by atoms with Crippen molar-refractivity contribution in [1.29, 1.82) is 5.26 Å². The Morgan fingerprint density at radius 2 is 2.00 bits per heavy atom. The second-order valence-electron chi connectivity index (χ2n) is 8.47. The first-order valence-corrected chi connectivity index (χ1v) is 12.7. The van der Waals surface area contributed by atoms with Gasteiger partial charge in [-0.1, -0.05) is 42.2 Å². The zero-order valence-electron chi connectivity index (χ0n) is 19.4. The molecule has 0 radical (unpaired) electrons. The maximum absolute atomic E-state index is 12.5. The molecule has 1 amide bonds. The molecule has 10 heteroatoms. The standard InChI is InChI=1S/C26H20N4O4S2/c1-15(16-6-4-3-5-7-16)34-25(33)29-23-17(14-28-30(23)2)8-9-18-12-20-21(35-18)19(13-27)22(36-20)26(10-11-26)24(31)32/h3-7,12,14-15H,10-11H2,1-2H3,(H,29,33)(H,31,32). The molecule has 1 aromatic carbocycles. The Balaban J connectivity index is 1.36. The summed E-state index contributed by atoms with van der Waals surface area (Å²) in [5.74, 6) is 5.65. The van der Waals surface area contributed by atoms with Crippen LogP contribution in [0.15, 0.2) is 42.6 Å². The third kappa shape index (κ3) is 4.22. The van der Waals surface area contributed by atoms with Gasteiger partial charge in [0.2, 0.25) is 0 Å². The number of carboxylic acid groups (broad SMARTS) is 1. The molecule has 2 N–H and O–H groups in total. The molecule has 8 nitrogen and oxygen atoms in total. The molecule has 1 fully saturated rings. The number of hydrogen-bond acceptors (Lipinski definition) is 7. The lowest BCUT2D eigenvalue weighted by molar-refractivity contribution is -0.139. The summed E-state index contributed by atoms with van der Waals surface area (Å²) in [6.45, 7) is 1.80. The lowest BCUT2D eigenvalue weighted by Gasteiger charge is -2.14. The van der Waals surface area contributed by atoms with E-state index in [1.54, 1.807) is 20.2 Å². The molecular formula is C26H20N4O4S2. The van der Waals surface area contributed by atoms with Crippen LogP contribution in [0.3, 0.4) is 0 Å². The molecule has 0 aliphatic heterocycles. The molecule has 1 atom stereocenters. The number of rotatable bonds is 5. The van der Waals surface area contributed by atoms with E-state index in [1.807, 2.05) is 36.4 Å². The highest BCUT2D eigenvalue weighted by Crippen LogP contribution is 2.54. The van der Waals surface area contributed by atoms with Crippen molar-refractivity contribution in [3.63, 3.8) is 0 Å². The number of carbonyl (C=O) groups is 2. The SMILES string of the molecule is CC(OC(=O)Nc1c(C#Cc2cc3sc(C4(C(=O)O)CC4)c(C#N)c3s2)cnn1C)c1ccccc1. The molecule has 0 spiro atoms. The Kier molecular flexibility index (Phi) is 6.00. The van der Waals surface area contributed by atoms with E-state index in [1.165, 1.54) is 27.4 Å². The van der Waals surface area contributed by atoms with E-state index >= 15 is 0 Å². The average Bonchev–Trinajstić information content (AvgIpc) is 3.33. The molecule has 1 aliphatic carbocycles. The highest BCUT2D eigenvalue weighted by atomic mass is 32.1. The normalized spacial score (nSPS) is 14.4. The van der Waals surface area contributed by atoms with Crippen molar-refractivity contribution in [2.75, 3.05) is 5.32 Å². The van der Waals surface area contributed by atoms with Gasteiger partial charge in [-0.3, -0.25) is 14.8 Å². The number of nitrogens with one attached hydrogen (secondary N) is 1. The number of aliphatic carboxylic acids is 1. The molecule has 1 aliphatic rings. The van der Waals surface area contributed by atoms with E-state index in [0.29, 0.717) is 34.7 Å². The molecule has 0 bridgehead atoms. The zero-order valence-corrected chi connectivity index (χ0v) is 21.0. The summed E-state index contributed by atoms with van der Waals surface area (Å²) in [6.07, 6.45) is 1.62. The van der Waals surface area contributed by atoms with Crippen molar-refractivity contribution >= 4 is 50.0 Å². The molecule has 4 aromatic rings. The fraction of sp³-hybridized carbons (Fsp3) is 0.231. The Labute approximate surface area is 214 Å². The lowest BCUT2D eigenvalue weighted by Crippen LogP contribution is -2.19. The third-order valence-electron chi connectivity index (χ3n) is 6.10. The number of benzene rings is 1. The van der Waals surface area contributed by atoms with E-state index < -0.39 is 23.6 Å². The Morgan fingerprint density at radius 3 is 2.67 bits per heavy atom. The molecule has 3 aromatic heterocycles. The van der Waals surface area contributed by atoms with E-state index in [-0.39, 0.29) is 0 Å². The number of aromatic nitrogens is 2. The predicted molar refractivity (Wildman–Crippen MR) is 137 cm³/mol. The van der Waals surface area contributed by atoms with E-state index in [4.69, 9.17) is 4.74 Å². The summed E-state index contributed by atoms with van der Waals surface area (Å²) in [6, 6.07) is 13.5. The van der Waals surface area contributed by atoms with E-state index in [0.717, 1.165) is 19.8 Å². The lowest BCUT2D eigenvalue weighted by atomic mass is 10.0. The van der Waals surface area contributed by atoms with E-state index in [9.17, 15) is 20.0 Å². The van der Waals surface area contributed by atoms with Crippen LogP contribution in [-0.2, 0) is 22.0 Å². The first-order valence-electron chi connectivity index (χ1n) is 11.1. The first kappa shape index (κ1) is 23.6. The number of nitriles is 1. The smallest absolute Gasteiger partial charge is 0.413 e. The van der Waals surface area contributed by atoms with Crippen molar-refractivity contribution < 1.29 is 19.4 Å². The molecule has 1 unspecified atom stereocenters. The summed E-state index contributed by atoms with van der Waals surface area (Å²) < 4.78 is 8.61. The van der Waals surface area contributed by atoms with Gasteiger partial charge in [0, 0.05) is 16.6 Å². The van der Waals surface area contributed by atoms with Crippen molar-refractivity contribution in [2.45, 2.75) is 31.3 Å². The van der Waals surface area contributed by atoms with Crippen molar-refractivity contribution in [3.05, 3.63) is 69.0 Å². The van der Waals surface area contributed by atoms with Gasteiger partial charge in [-0.2, -0.15) is 10.4 Å². The van der Waals surface area contributed by atoms with Gasteiger partial charge in [0.1, 0.15) is 23.4 Å². The zero-order chi connectivity index (χ0) is 25.4. The Bertz CT molecular complexity index is 1590. The summed E-state index contributed by atoms with van der Waals surface area (Å²) >= 11 is 2.72. The van der Waals surface area contributed by atoms with Crippen LogP contribution in [-0.4, -0.2) is 26.9 Å². The number of ether oxygens (including phenoxy) is 1. The number of amides is 1. The largest absolute Gasteiger partial charge is 0.481 e. The first-order chi connectivity index (χ1) is 17.3. The maximum Gasteiger partial charge on any atom is 0.413 e. The van der Waals surface area contributed by atoms with Gasteiger partial charge in [-0.15, -0.1) is 22.7 Å². The van der Waals surface area contributed by atoms with Crippen molar-refractivity contribution in [3.8, 4) is 17.9 Å². The molecule has 1 saturated carbocycles. The number of carboxylic acids is 1.